The summed E-state index contributed by atoms with van der Waals surface area (Å²) in [7, 11) is 5.76. The van der Waals surface area contributed by atoms with Crippen LogP contribution in [0.5, 0.6) is 11.8 Å². The first-order valence-corrected chi connectivity index (χ1v) is 10.5. The molecule has 0 unspecified atom stereocenters. The summed E-state index contributed by atoms with van der Waals surface area (Å²) in [4.78, 5) is 24.3. The Morgan fingerprint density at radius 2 is 2.12 bits per heavy atom. The highest BCUT2D eigenvalue weighted by Gasteiger charge is 2.33. The highest BCUT2D eigenvalue weighted by molar-refractivity contribution is 6.05. The number of aromatic nitrogens is 4. The lowest BCUT2D eigenvalue weighted by atomic mass is 10.0. The van der Waals surface area contributed by atoms with Gasteiger partial charge in [-0.25, -0.2) is 4.98 Å². The summed E-state index contributed by atoms with van der Waals surface area (Å²) in [6.07, 6.45) is 4.27. The lowest BCUT2D eigenvalue weighted by molar-refractivity contribution is 0.102. The molecule has 0 atom stereocenters. The van der Waals surface area contributed by atoms with Crippen LogP contribution in [0.1, 0.15) is 29.8 Å². The molecule has 9 heteroatoms. The molecule has 0 saturated heterocycles. The number of fused-ring (bicyclic) bond motifs is 1. The van der Waals surface area contributed by atoms with Gasteiger partial charge in [0, 0.05) is 37.3 Å². The Morgan fingerprint density at radius 1 is 1.31 bits per heavy atom. The van der Waals surface area contributed by atoms with Crippen molar-refractivity contribution in [2.24, 2.45) is 7.05 Å². The Morgan fingerprint density at radius 3 is 2.84 bits per heavy atom. The Bertz CT molecular complexity index is 1140. The van der Waals surface area contributed by atoms with Crippen molar-refractivity contribution in [3.8, 4) is 23.0 Å². The number of pyridine rings is 2. The van der Waals surface area contributed by atoms with E-state index in [0.29, 0.717) is 36.8 Å². The maximum absolute atomic E-state index is 13.2. The average molecular weight is 437 g/mol. The molecular formula is C23H28N6O3. The number of anilines is 1. The number of aryl methyl sites for hydroxylation is 1. The predicted molar refractivity (Wildman–Crippen MR) is 121 cm³/mol. The molecule has 0 radical (unpaired) electrons. The van der Waals surface area contributed by atoms with Gasteiger partial charge in [-0.1, -0.05) is 6.07 Å². The smallest absolute Gasteiger partial charge is 0.262 e. The fourth-order valence-corrected chi connectivity index (χ4v) is 3.49. The molecule has 0 bridgehead atoms. The Kier molecular flexibility index (Phi) is 5.84. The van der Waals surface area contributed by atoms with Crippen LogP contribution in [0.3, 0.4) is 0 Å². The minimum absolute atomic E-state index is 0.254. The molecule has 168 valence electrons. The Balaban J connectivity index is 1.60. The van der Waals surface area contributed by atoms with Gasteiger partial charge in [-0.15, -0.1) is 0 Å². The summed E-state index contributed by atoms with van der Waals surface area (Å²) in [6.45, 7) is 5.09. The summed E-state index contributed by atoms with van der Waals surface area (Å²) in [5, 5.41) is 7.06. The van der Waals surface area contributed by atoms with Gasteiger partial charge in [-0.2, -0.15) is 10.1 Å². The van der Waals surface area contributed by atoms with Gasteiger partial charge < -0.3 is 19.7 Å². The van der Waals surface area contributed by atoms with E-state index < -0.39 is 0 Å². The molecule has 0 saturated carbocycles. The molecule has 1 aliphatic rings. The maximum Gasteiger partial charge on any atom is 0.262 e. The molecule has 32 heavy (non-hydrogen) atoms. The number of ether oxygens (including phenoxy) is 2. The lowest BCUT2D eigenvalue weighted by Crippen LogP contribution is -2.24. The normalized spacial score (nSPS) is 14.2. The van der Waals surface area contributed by atoms with E-state index in [1.165, 1.54) is 0 Å². The van der Waals surface area contributed by atoms with Gasteiger partial charge in [-0.3, -0.25) is 9.48 Å². The van der Waals surface area contributed by atoms with Gasteiger partial charge in [0.05, 0.1) is 11.9 Å². The molecule has 0 fully saturated rings. The van der Waals surface area contributed by atoms with E-state index >= 15 is 0 Å². The van der Waals surface area contributed by atoms with Crippen molar-refractivity contribution < 1.29 is 14.3 Å². The van der Waals surface area contributed by atoms with E-state index in [2.05, 4.69) is 20.4 Å². The summed E-state index contributed by atoms with van der Waals surface area (Å²) < 4.78 is 13.5. The number of rotatable bonds is 7. The van der Waals surface area contributed by atoms with Crippen LogP contribution < -0.4 is 14.8 Å². The second-order valence-corrected chi connectivity index (χ2v) is 8.76. The Labute approximate surface area is 187 Å². The summed E-state index contributed by atoms with van der Waals surface area (Å²) >= 11 is 0. The molecule has 3 aromatic rings. The van der Waals surface area contributed by atoms with Crippen LogP contribution in [0.2, 0.25) is 0 Å². The second-order valence-electron chi connectivity index (χ2n) is 8.76. The zero-order chi connectivity index (χ0) is 22.9. The minimum Gasteiger partial charge on any atom is -0.476 e. The number of amides is 1. The number of likely N-dealkylation sites (N-methyl/N-ethyl adjacent to an activating group) is 1. The topological polar surface area (TPSA) is 94.4 Å². The zero-order valence-corrected chi connectivity index (χ0v) is 19.0. The standard InChI is InChI=1S/C23H28N6O3/c1-23(2)12-15-11-17(22(27-21(15)32-23)31-10-9-28(3)4)20(30)26-19-8-6-7-18(25-19)16-13-24-29(5)14-16/h6-8,11,13-14H,9-10,12H2,1-5H3,(H,25,26,30). The van der Waals surface area contributed by atoms with Crippen molar-refractivity contribution in [1.29, 1.82) is 0 Å². The second kappa shape index (κ2) is 8.58. The highest BCUT2D eigenvalue weighted by atomic mass is 16.5. The van der Waals surface area contributed by atoms with Crippen LogP contribution in [0, 0.1) is 0 Å². The van der Waals surface area contributed by atoms with Gasteiger partial charge in [0.15, 0.2) is 0 Å². The van der Waals surface area contributed by atoms with Gasteiger partial charge in [0.1, 0.15) is 23.6 Å². The molecular weight excluding hydrogens is 408 g/mol. The van der Waals surface area contributed by atoms with Crippen LogP contribution in [-0.4, -0.2) is 63.4 Å². The van der Waals surface area contributed by atoms with Gasteiger partial charge in [-0.05, 0) is 46.1 Å². The third-order valence-electron chi connectivity index (χ3n) is 5.03. The molecule has 4 heterocycles. The van der Waals surface area contributed by atoms with Crippen molar-refractivity contribution >= 4 is 11.7 Å². The van der Waals surface area contributed by atoms with Crippen molar-refractivity contribution in [3.63, 3.8) is 0 Å². The molecule has 3 aromatic heterocycles. The fraction of sp³-hybridized carbons (Fsp3) is 0.391. The highest BCUT2D eigenvalue weighted by Crippen LogP contribution is 2.36. The number of carbonyl (C=O) groups excluding carboxylic acids is 1. The first-order valence-electron chi connectivity index (χ1n) is 10.5. The van der Waals surface area contributed by atoms with E-state index in [-0.39, 0.29) is 17.4 Å². The zero-order valence-electron chi connectivity index (χ0n) is 19.0. The van der Waals surface area contributed by atoms with Crippen LogP contribution in [0.15, 0.2) is 36.7 Å². The van der Waals surface area contributed by atoms with E-state index in [1.807, 2.05) is 64.3 Å². The molecule has 0 spiro atoms. The summed E-state index contributed by atoms with van der Waals surface area (Å²) in [5.74, 6) is 0.876. The molecule has 0 aliphatic carbocycles. The molecule has 9 nitrogen and oxygen atoms in total. The number of carbonyl (C=O) groups is 1. The van der Waals surface area contributed by atoms with Crippen LogP contribution in [-0.2, 0) is 13.5 Å². The first kappa shape index (κ1) is 21.8. The molecule has 1 amide bonds. The largest absolute Gasteiger partial charge is 0.476 e. The molecule has 1 N–H and O–H groups in total. The number of nitrogens with one attached hydrogen (secondary N) is 1. The quantitative estimate of drug-likeness (QED) is 0.609. The van der Waals surface area contributed by atoms with Crippen LogP contribution in [0.25, 0.3) is 11.3 Å². The molecule has 1 aliphatic heterocycles. The van der Waals surface area contributed by atoms with Crippen molar-refractivity contribution in [3.05, 3.63) is 47.8 Å². The third-order valence-corrected chi connectivity index (χ3v) is 5.03. The molecule has 4 rings (SSSR count). The first-order chi connectivity index (χ1) is 15.2. The summed E-state index contributed by atoms with van der Waals surface area (Å²) in [5.41, 5.74) is 2.47. The monoisotopic (exact) mass is 436 g/mol. The number of hydrogen-bond acceptors (Lipinski definition) is 7. The van der Waals surface area contributed by atoms with E-state index in [9.17, 15) is 4.79 Å². The van der Waals surface area contributed by atoms with E-state index in [4.69, 9.17) is 9.47 Å². The van der Waals surface area contributed by atoms with Crippen molar-refractivity contribution in [2.75, 3.05) is 32.6 Å². The summed E-state index contributed by atoms with van der Waals surface area (Å²) in [6, 6.07) is 7.27. The SMILES string of the molecule is CN(C)CCOc1nc2c(cc1C(=O)Nc1cccc(-c3cnn(C)c3)n1)CC(C)(C)O2. The maximum atomic E-state index is 13.2. The van der Waals surface area contributed by atoms with Crippen LogP contribution in [0.4, 0.5) is 5.82 Å². The van der Waals surface area contributed by atoms with Crippen LogP contribution >= 0.6 is 0 Å². The van der Waals surface area contributed by atoms with Gasteiger partial charge in [0.2, 0.25) is 11.8 Å². The number of nitrogens with zero attached hydrogens (tertiary/aromatic N) is 5. The van der Waals surface area contributed by atoms with Crippen molar-refractivity contribution in [2.45, 2.75) is 25.9 Å². The van der Waals surface area contributed by atoms with Gasteiger partial charge in [0.25, 0.3) is 5.91 Å². The lowest BCUT2D eigenvalue weighted by Gasteiger charge is -2.16. The minimum atomic E-state index is -0.370. The molecule has 0 aromatic carbocycles. The predicted octanol–water partition coefficient (Wildman–Crippen LogP) is 2.78. The number of hydrogen-bond donors (Lipinski definition) is 1. The fourth-order valence-electron chi connectivity index (χ4n) is 3.49. The van der Waals surface area contributed by atoms with Gasteiger partial charge >= 0.3 is 0 Å². The van der Waals surface area contributed by atoms with Crippen molar-refractivity contribution in [1.82, 2.24) is 24.6 Å². The van der Waals surface area contributed by atoms with E-state index in [0.717, 1.165) is 16.8 Å². The van der Waals surface area contributed by atoms with E-state index in [1.54, 1.807) is 16.9 Å². The average Bonchev–Trinajstić information content (AvgIpc) is 3.28. The third kappa shape index (κ3) is 4.88. The Hall–Kier alpha value is -3.46.